The van der Waals surface area contributed by atoms with Crippen molar-refractivity contribution in [3.8, 4) is 17.2 Å². The van der Waals surface area contributed by atoms with Gasteiger partial charge in [0.05, 0.1) is 0 Å². The van der Waals surface area contributed by atoms with Crippen LogP contribution in [0.25, 0.3) is 0 Å². The van der Waals surface area contributed by atoms with Crippen LogP contribution in [0, 0.1) is 6.92 Å². The minimum absolute atomic E-state index is 0.195. The van der Waals surface area contributed by atoms with Gasteiger partial charge in [-0.3, -0.25) is 4.79 Å². The number of aromatic nitrogens is 1. The Labute approximate surface area is 120 Å². The van der Waals surface area contributed by atoms with Crippen molar-refractivity contribution in [2.75, 3.05) is 12.1 Å². The third-order valence-electron chi connectivity index (χ3n) is 2.91. The quantitative estimate of drug-likeness (QED) is 0.928. The van der Waals surface area contributed by atoms with Crippen LogP contribution < -0.4 is 19.5 Å². The summed E-state index contributed by atoms with van der Waals surface area (Å²) < 4.78 is 20.9. The number of aryl methyl sites for hydroxylation is 1. The van der Waals surface area contributed by atoms with E-state index in [1.165, 1.54) is 0 Å². The lowest BCUT2D eigenvalue weighted by molar-refractivity contribution is -0.122. The van der Waals surface area contributed by atoms with Crippen molar-refractivity contribution < 1.29 is 23.5 Å². The third kappa shape index (κ3) is 2.91. The Morgan fingerprint density at radius 2 is 2.14 bits per heavy atom. The summed E-state index contributed by atoms with van der Waals surface area (Å²) in [5.41, 5.74) is 0. The number of rotatable bonds is 4. The molecule has 7 nitrogen and oxygen atoms in total. The van der Waals surface area contributed by atoms with Gasteiger partial charge in [-0.05, 0) is 26.0 Å². The summed E-state index contributed by atoms with van der Waals surface area (Å²) in [7, 11) is 0. The van der Waals surface area contributed by atoms with E-state index < -0.39 is 6.10 Å². The molecule has 1 aliphatic rings. The van der Waals surface area contributed by atoms with E-state index >= 15 is 0 Å². The van der Waals surface area contributed by atoms with Gasteiger partial charge in [0.2, 0.25) is 6.79 Å². The predicted octanol–water partition coefficient (Wildman–Crippen LogP) is 2.12. The van der Waals surface area contributed by atoms with E-state index in [2.05, 4.69) is 10.5 Å². The molecule has 0 bridgehead atoms. The van der Waals surface area contributed by atoms with E-state index in [9.17, 15) is 4.79 Å². The third-order valence-corrected chi connectivity index (χ3v) is 2.91. The highest BCUT2D eigenvalue weighted by Crippen LogP contribution is 2.35. The molecule has 7 heteroatoms. The number of ether oxygens (including phenoxy) is 3. The largest absolute Gasteiger partial charge is 0.481 e. The number of fused-ring (bicyclic) bond motifs is 1. The number of carbonyl (C=O) groups excluding carboxylic acids is 1. The average molecular weight is 290 g/mol. The van der Waals surface area contributed by atoms with Crippen molar-refractivity contribution in [3.63, 3.8) is 0 Å². The zero-order valence-electron chi connectivity index (χ0n) is 11.6. The van der Waals surface area contributed by atoms with Gasteiger partial charge < -0.3 is 24.1 Å². The lowest BCUT2D eigenvalue weighted by Crippen LogP contribution is -2.30. The van der Waals surface area contributed by atoms with Crippen molar-refractivity contribution in [2.24, 2.45) is 0 Å². The highest BCUT2D eigenvalue weighted by Gasteiger charge is 2.19. The lowest BCUT2D eigenvalue weighted by Gasteiger charge is -2.13. The number of amides is 1. The second-order valence-electron chi connectivity index (χ2n) is 4.59. The number of hydrogen-bond acceptors (Lipinski definition) is 6. The Morgan fingerprint density at radius 3 is 2.90 bits per heavy atom. The minimum atomic E-state index is -0.692. The first kappa shape index (κ1) is 13.3. The summed E-state index contributed by atoms with van der Waals surface area (Å²) in [4.78, 5) is 12.0. The van der Waals surface area contributed by atoms with Crippen LogP contribution >= 0.6 is 0 Å². The molecule has 110 valence electrons. The molecule has 0 aliphatic carbocycles. The van der Waals surface area contributed by atoms with E-state index in [4.69, 9.17) is 18.7 Å². The molecule has 1 amide bonds. The summed E-state index contributed by atoms with van der Waals surface area (Å²) in [6, 6.07) is 6.78. The Bertz CT molecular complexity index is 667. The fourth-order valence-electron chi connectivity index (χ4n) is 1.86. The SMILES string of the molecule is Cc1cc(NC(=O)[C@@H](C)Oc2ccc3c(c2)OCO3)no1. The van der Waals surface area contributed by atoms with Gasteiger partial charge in [-0.1, -0.05) is 5.16 Å². The van der Waals surface area contributed by atoms with Gasteiger partial charge in [-0.25, -0.2) is 0 Å². The molecule has 3 rings (SSSR count). The molecule has 0 radical (unpaired) electrons. The molecule has 1 aromatic heterocycles. The Kier molecular flexibility index (Phi) is 3.39. The zero-order chi connectivity index (χ0) is 14.8. The molecule has 0 saturated heterocycles. The maximum atomic E-state index is 12.0. The Morgan fingerprint density at radius 1 is 1.33 bits per heavy atom. The topological polar surface area (TPSA) is 82.8 Å². The first-order chi connectivity index (χ1) is 10.1. The van der Waals surface area contributed by atoms with Crippen molar-refractivity contribution in [2.45, 2.75) is 20.0 Å². The second-order valence-corrected chi connectivity index (χ2v) is 4.59. The van der Waals surface area contributed by atoms with Crippen molar-refractivity contribution in [1.82, 2.24) is 5.16 Å². The number of carbonyl (C=O) groups is 1. The first-order valence-corrected chi connectivity index (χ1v) is 6.42. The normalized spacial score (nSPS) is 13.8. The molecule has 1 N–H and O–H groups in total. The Balaban J connectivity index is 1.62. The Hall–Kier alpha value is -2.70. The summed E-state index contributed by atoms with van der Waals surface area (Å²) in [5, 5.41) is 6.30. The van der Waals surface area contributed by atoms with Crippen LogP contribution in [-0.4, -0.2) is 24.0 Å². The van der Waals surface area contributed by atoms with Crippen LogP contribution in [-0.2, 0) is 4.79 Å². The molecule has 0 fully saturated rings. The summed E-state index contributed by atoms with van der Waals surface area (Å²) in [6.07, 6.45) is -0.692. The standard InChI is InChI=1S/C14H14N2O5/c1-8-5-13(16-21-8)15-14(17)9(2)20-10-3-4-11-12(6-10)19-7-18-11/h3-6,9H,7H2,1-2H3,(H,15,16,17)/t9-/m1/s1. The van der Waals surface area contributed by atoms with Crippen LogP contribution in [0.2, 0.25) is 0 Å². The highest BCUT2D eigenvalue weighted by atomic mass is 16.7. The number of nitrogens with zero attached hydrogens (tertiary/aromatic N) is 1. The van der Waals surface area contributed by atoms with Gasteiger partial charge in [0.1, 0.15) is 11.5 Å². The predicted molar refractivity (Wildman–Crippen MR) is 72.5 cm³/mol. The maximum absolute atomic E-state index is 12.0. The van der Waals surface area contributed by atoms with E-state index in [1.54, 1.807) is 38.1 Å². The molecule has 21 heavy (non-hydrogen) atoms. The number of anilines is 1. The van der Waals surface area contributed by atoms with E-state index in [-0.39, 0.29) is 12.7 Å². The molecule has 1 aliphatic heterocycles. The van der Waals surface area contributed by atoms with Crippen LogP contribution in [0.3, 0.4) is 0 Å². The van der Waals surface area contributed by atoms with E-state index in [0.29, 0.717) is 28.8 Å². The van der Waals surface area contributed by atoms with Gasteiger partial charge in [0, 0.05) is 12.1 Å². The van der Waals surface area contributed by atoms with Crippen LogP contribution in [0.5, 0.6) is 17.2 Å². The number of nitrogens with one attached hydrogen (secondary N) is 1. The van der Waals surface area contributed by atoms with Crippen LogP contribution in [0.1, 0.15) is 12.7 Å². The first-order valence-electron chi connectivity index (χ1n) is 6.42. The monoisotopic (exact) mass is 290 g/mol. The van der Waals surface area contributed by atoms with Crippen molar-refractivity contribution in [3.05, 3.63) is 30.0 Å². The summed E-state index contributed by atoms with van der Waals surface area (Å²) in [6.45, 7) is 3.59. The van der Waals surface area contributed by atoms with Crippen molar-refractivity contribution >= 4 is 11.7 Å². The molecular weight excluding hydrogens is 276 g/mol. The summed E-state index contributed by atoms with van der Waals surface area (Å²) in [5.74, 6) is 2.46. The summed E-state index contributed by atoms with van der Waals surface area (Å²) >= 11 is 0. The lowest BCUT2D eigenvalue weighted by atomic mass is 10.3. The average Bonchev–Trinajstić information content (AvgIpc) is 3.07. The van der Waals surface area contributed by atoms with Crippen LogP contribution in [0.4, 0.5) is 5.82 Å². The van der Waals surface area contributed by atoms with Gasteiger partial charge in [-0.15, -0.1) is 0 Å². The molecule has 0 unspecified atom stereocenters. The molecule has 0 saturated carbocycles. The second kappa shape index (κ2) is 5.35. The molecule has 2 heterocycles. The molecule has 1 atom stereocenters. The van der Waals surface area contributed by atoms with Gasteiger partial charge >= 0.3 is 0 Å². The zero-order valence-corrected chi connectivity index (χ0v) is 11.6. The van der Waals surface area contributed by atoms with Gasteiger partial charge in [-0.2, -0.15) is 0 Å². The van der Waals surface area contributed by atoms with E-state index in [1.807, 2.05) is 0 Å². The fraction of sp³-hybridized carbons (Fsp3) is 0.286. The number of benzene rings is 1. The maximum Gasteiger partial charge on any atom is 0.266 e. The molecule has 0 spiro atoms. The molecule has 1 aromatic carbocycles. The highest BCUT2D eigenvalue weighted by molar-refractivity contribution is 5.93. The van der Waals surface area contributed by atoms with E-state index in [0.717, 1.165) is 0 Å². The van der Waals surface area contributed by atoms with Gasteiger partial charge in [0.25, 0.3) is 5.91 Å². The fourth-order valence-corrected chi connectivity index (χ4v) is 1.86. The molecular formula is C14H14N2O5. The number of hydrogen-bond donors (Lipinski definition) is 1. The van der Waals surface area contributed by atoms with Gasteiger partial charge in [0.15, 0.2) is 23.4 Å². The smallest absolute Gasteiger partial charge is 0.266 e. The van der Waals surface area contributed by atoms with Crippen LogP contribution in [0.15, 0.2) is 28.8 Å². The minimum Gasteiger partial charge on any atom is -0.481 e. The molecule has 2 aromatic rings. The van der Waals surface area contributed by atoms with Crippen molar-refractivity contribution in [1.29, 1.82) is 0 Å².